The predicted molar refractivity (Wildman–Crippen MR) is 87.2 cm³/mol. The van der Waals surface area contributed by atoms with Gasteiger partial charge in [-0.05, 0) is 30.5 Å². The van der Waals surface area contributed by atoms with Crippen molar-refractivity contribution in [1.82, 2.24) is 0 Å². The van der Waals surface area contributed by atoms with E-state index in [1.807, 2.05) is 6.92 Å². The van der Waals surface area contributed by atoms with Gasteiger partial charge in [-0.15, -0.1) is 0 Å². The molecular weight excluding hydrogens is 252 g/mol. The maximum absolute atomic E-state index is 6.61. The summed E-state index contributed by atoms with van der Waals surface area (Å²) in [6.45, 7) is 18.1. The first-order valence-electron chi connectivity index (χ1n) is 7.57. The third kappa shape index (κ3) is 5.05. The van der Waals surface area contributed by atoms with Crippen molar-refractivity contribution >= 4 is 8.32 Å². The topological polar surface area (TPSA) is 18.5 Å². The van der Waals surface area contributed by atoms with Gasteiger partial charge in [0.1, 0.15) is 0 Å². The van der Waals surface area contributed by atoms with Crippen LogP contribution in [-0.2, 0) is 9.16 Å². The van der Waals surface area contributed by atoms with Gasteiger partial charge in [-0.2, -0.15) is 0 Å². The Bertz CT molecular complexity index is 250. The first-order valence-corrected chi connectivity index (χ1v) is 9.71. The average Bonchev–Trinajstić information content (AvgIpc) is 2.31. The Balaban J connectivity index is 4.97. The van der Waals surface area contributed by atoms with Crippen molar-refractivity contribution in [2.45, 2.75) is 84.2 Å². The zero-order valence-electron chi connectivity index (χ0n) is 14.4. The molecule has 19 heavy (non-hydrogen) atoms. The van der Waals surface area contributed by atoms with Gasteiger partial charge < -0.3 is 9.16 Å². The van der Waals surface area contributed by atoms with E-state index in [1.54, 1.807) is 7.11 Å². The zero-order valence-corrected chi connectivity index (χ0v) is 15.4. The third-order valence-corrected chi connectivity index (χ3v) is 10.3. The molecule has 0 saturated heterocycles. The van der Waals surface area contributed by atoms with Crippen LogP contribution in [0.5, 0.6) is 0 Å². The Labute approximate surface area is 121 Å². The standard InChI is InChI=1S/C16H34O2Si/c1-12(2)19(13(3)4,14(5)6)18-16(8)11-10-15(7)17-9/h10-16H,1-9H3/b11-10-/t15-,16-/m0/s1. The molecule has 0 aromatic carbocycles. The van der Waals surface area contributed by atoms with E-state index in [-0.39, 0.29) is 12.2 Å². The monoisotopic (exact) mass is 286 g/mol. The molecule has 2 atom stereocenters. The van der Waals surface area contributed by atoms with Crippen LogP contribution in [0, 0.1) is 0 Å². The van der Waals surface area contributed by atoms with Crippen molar-refractivity contribution in [2.24, 2.45) is 0 Å². The lowest BCUT2D eigenvalue weighted by Gasteiger charge is -2.43. The maximum Gasteiger partial charge on any atom is 0.201 e. The Hall–Kier alpha value is -0.123. The lowest BCUT2D eigenvalue weighted by molar-refractivity contribution is 0.154. The lowest BCUT2D eigenvalue weighted by atomic mass is 10.3. The Kier molecular flexibility index (Phi) is 8.17. The van der Waals surface area contributed by atoms with E-state index in [0.717, 1.165) is 0 Å². The van der Waals surface area contributed by atoms with Gasteiger partial charge in [-0.1, -0.05) is 53.7 Å². The molecule has 0 saturated carbocycles. The van der Waals surface area contributed by atoms with Crippen molar-refractivity contribution in [1.29, 1.82) is 0 Å². The average molecular weight is 287 g/mol. The highest BCUT2D eigenvalue weighted by molar-refractivity contribution is 6.77. The number of hydrogen-bond donors (Lipinski definition) is 0. The predicted octanol–water partition coefficient (Wildman–Crippen LogP) is 5.16. The van der Waals surface area contributed by atoms with Crippen LogP contribution in [0.2, 0.25) is 16.6 Å². The Morgan fingerprint density at radius 2 is 1.05 bits per heavy atom. The van der Waals surface area contributed by atoms with E-state index in [4.69, 9.17) is 9.16 Å². The molecule has 0 spiro atoms. The van der Waals surface area contributed by atoms with Crippen LogP contribution >= 0.6 is 0 Å². The molecule has 0 rings (SSSR count). The van der Waals surface area contributed by atoms with E-state index in [0.29, 0.717) is 16.6 Å². The molecule has 0 N–H and O–H groups in total. The van der Waals surface area contributed by atoms with Gasteiger partial charge in [0.25, 0.3) is 0 Å². The first kappa shape index (κ1) is 18.9. The summed E-state index contributed by atoms with van der Waals surface area (Å²) < 4.78 is 11.9. The minimum Gasteiger partial charge on any atom is -0.410 e. The van der Waals surface area contributed by atoms with Crippen LogP contribution in [0.4, 0.5) is 0 Å². The van der Waals surface area contributed by atoms with Crippen LogP contribution in [-0.4, -0.2) is 27.6 Å². The van der Waals surface area contributed by atoms with E-state index in [1.165, 1.54) is 0 Å². The van der Waals surface area contributed by atoms with Crippen molar-refractivity contribution < 1.29 is 9.16 Å². The molecule has 0 aliphatic rings. The second-order valence-electron chi connectivity index (χ2n) is 6.47. The van der Waals surface area contributed by atoms with Crippen molar-refractivity contribution in [3.63, 3.8) is 0 Å². The molecule has 0 amide bonds. The quantitative estimate of drug-likeness (QED) is 0.453. The third-order valence-electron chi connectivity index (χ3n) is 4.12. The molecule has 114 valence electrons. The molecule has 0 unspecified atom stereocenters. The normalized spacial score (nSPS) is 16.8. The molecule has 2 nitrogen and oxygen atoms in total. The van der Waals surface area contributed by atoms with Crippen molar-refractivity contribution in [3.8, 4) is 0 Å². The molecule has 3 heteroatoms. The summed E-state index contributed by atoms with van der Waals surface area (Å²) in [7, 11) is -0.0329. The SMILES string of the molecule is CO[C@@H](C)/C=C\[C@H](C)O[Si](C(C)C)(C(C)C)C(C)C. The molecule has 0 radical (unpaired) electrons. The lowest BCUT2D eigenvalue weighted by Crippen LogP contribution is -2.49. The highest BCUT2D eigenvalue weighted by Crippen LogP contribution is 2.43. The summed E-state index contributed by atoms with van der Waals surface area (Å²) >= 11 is 0. The van der Waals surface area contributed by atoms with Crippen LogP contribution in [0.15, 0.2) is 12.2 Å². The van der Waals surface area contributed by atoms with Gasteiger partial charge in [0.2, 0.25) is 8.32 Å². The van der Waals surface area contributed by atoms with Crippen LogP contribution in [0.1, 0.15) is 55.4 Å². The summed E-state index contributed by atoms with van der Waals surface area (Å²) in [6.07, 6.45) is 4.55. The Morgan fingerprint density at radius 1 is 0.684 bits per heavy atom. The maximum atomic E-state index is 6.61. The molecule has 0 heterocycles. The van der Waals surface area contributed by atoms with E-state index < -0.39 is 8.32 Å². The Morgan fingerprint density at radius 3 is 1.37 bits per heavy atom. The summed E-state index contributed by atoms with van der Waals surface area (Å²) in [5, 5.41) is 0. The molecule has 0 aliphatic carbocycles. The first-order chi connectivity index (χ1) is 8.68. The fraction of sp³-hybridized carbons (Fsp3) is 0.875. The number of hydrogen-bond acceptors (Lipinski definition) is 2. The van der Waals surface area contributed by atoms with Gasteiger partial charge >= 0.3 is 0 Å². The van der Waals surface area contributed by atoms with E-state index >= 15 is 0 Å². The smallest absolute Gasteiger partial charge is 0.201 e. The van der Waals surface area contributed by atoms with Crippen LogP contribution < -0.4 is 0 Å². The van der Waals surface area contributed by atoms with E-state index in [9.17, 15) is 0 Å². The molecule has 0 aromatic heterocycles. The van der Waals surface area contributed by atoms with Gasteiger partial charge in [0, 0.05) is 7.11 Å². The van der Waals surface area contributed by atoms with Crippen LogP contribution in [0.3, 0.4) is 0 Å². The minimum absolute atomic E-state index is 0.152. The molecule has 0 fully saturated rings. The molecular formula is C16H34O2Si. The number of rotatable bonds is 8. The molecule has 0 bridgehead atoms. The van der Waals surface area contributed by atoms with Crippen molar-refractivity contribution in [3.05, 3.63) is 12.2 Å². The fourth-order valence-electron chi connectivity index (χ4n) is 3.16. The highest BCUT2D eigenvalue weighted by Gasteiger charge is 2.45. The zero-order chi connectivity index (χ0) is 15.2. The van der Waals surface area contributed by atoms with Crippen LogP contribution in [0.25, 0.3) is 0 Å². The van der Waals surface area contributed by atoms with Gasteiger partial charge in [-0.3, -0.25) is 0 Å². The van der Waals surface area contributed by atoms with Gasteiger partial charge in [0.05, 0.1) is 12.2 Å². The van der Waals surface area contributed by atoms with Crippen molar-refractivity contribution in [2.75, 3.05) is 7.11 Å². The second kappa shape index (κ2) is 8.23. The van der Waals surface area contributed by atoms with Gasteiger partial charge in [-0.25, -0.2) is 0 Å². The number of ether oxygens (including phenoxy) is 1. The van der Waals surface area contributed by atoms with Gasteiger partial charge in [0.15, 0.2) is 0 Å². The summed E-state index contributed by atoms with van der Waals surface area (Å²) in [5.74, 6) is 0. The second-order valence-corrected chi connectivity index (χ2v) is 11.9. The highest BCUT2D eigenvalue weighted by atomic mass is 28.4. The minimum atomic E-state index is -1.76. The molecule has 0 aliphatic heterocycles. The number of methoxy groups -OCH3 is 1. The fourth-order valence-corrected chi connectivity index (χ4v) is 8.70. The largest absolute Gasteiger partial charge is 0.410 e. The van der Waals surface area contributed by atoms with E-state index in [2.05, 4.69) is 60.6 Å². The summed E-state index contributed by atoms with van der Waals surface area (Å²) in [4.78, 5) is 0. The molecule has 0 aromatic rings. The summed E-state index contributed by atoms with van der Waals surface area (Å²) in [5.41, 5.74) is 1.88. The summed E-state index contributed by atoms with van der Waals surface area (Å²) in [6, 6.07) is 0.